The van der Waals surface area contributed by atoms with Crippen molar-refractivity contribution in [3.63, 3.8) is 0 Å². The second-order valence-electron chi connectivity index (χ2n) is 3.67. The van der Waals surface area contributed by atoms with E-state index >= 15 is 0 Å². The Morgan fingerprint density at radius 1 is 1.50 bits per heavy atom. The minimum Gasteiger partial charge on any atom is -0.386 e. The molecule has 6 nitrogen and oxygen atoms in total. The lowest BCUT2D eigenvalue weighted by molar-refractivity contribution is 0.171. The summed E-state index contributed by atoms with van der Waals surface area (Å²) in [5, 5.41) is 21.5. The molecule has 0 bridgehead atoms. The molecule has 1 atom stereocenters. The zero-order chi connectivity index (χ0) is 11.5. The summed E-state index contributed by atoms with van der Waals surface area (Å²) < 4.78 is 0. The highest BCUT2D eigenvalue weighted by Gasteiger charge is 2.13. The van der Waals surface area contributed by atoms with Gasteiger partial charge in [-0.2, -0.15) is 4.80 Å². The number of hydrogen-bond acceptors (Lipinski definition) is 5. The van der Waals surface area contributed by atoms with E-state index in [1.165, 1.54) is 4.80 Å². The molecule has 2 aromatic heterocycles. The van der Waals surface area contributed by atoms with Crippen molar-refractivity contribution in [2.45, 2.75) is 19.4 Å². The van der Waals surface area contributed by atoms with Gasteiger partial charge in [-0.15, -0.1) is 10.2 Å². The monoisotopic (exact) mass is 219 g/mol. The highest BCUT2D eigenvalue weighted by Crippen LogP contribution is 2.14. The standard InChI is InChI=1S/C10H13N5O/c1-7-3-4-11-8(5-7)9(16)6-10-12-14-15(2)13-10/h3-5,9,16H,6H2,1-2H3. The van der Waals surface area contributed by atoms with E-state index < -0.39 is 6.10 Å². The van der Waals surface area contributed by atoms with E-state index in [1.807, 2.05) is 19.1 Å². The van der Waals surface area contributed by atoms with Gasteiger partial charge in [-0.3, -0.25) is 4.98 Å². The molecule has 0 aliphatic heterocycles. The minimum atomic E-state index is -0.691. The summed E-state index contributed by atoms with van der Waals surface area (Å²) in [6.45, 7) is 1.96. The van der Waals surface area contributed by atoms with Crippen LogP contribution in [0.15, 0.2) is 18.3 Å². The van der Waals surface area contributed by atoms with E-state index in [0.29, 0.717) is 17.9 Å². The number of nitrogens with zero attached hydrogens (tertiary/aromatic N) is 5. The third kappa shape index (κ3) is 2.40. The summed E-state index contributed by atoms with van der Waals surface area (Å²) >= 11 is 0. The maximum atomic E-state index is 9.93. The Morgan fingerprint density at radius 2 is 2.31 bits per heavy atom. The lowest BCUT2D eigenvalue weighted by Crippen LogP contribution is -2.06. The fourth-order valence-electron chi connectivity index (χ4n) is 1.42. The molecule has 1 unspecified atom stereocenters. The molecule has 16 heavy (non-hydrogen) atoms. The third-order valence-electron chi connectivity index (χ3n) is 2.20. The van der Waals surface area contributed by atoms with Gasteiger partial charge in [-0.1, -0.05) is 0 Å². The van der Waals surface area contributed by atoms with Crippen molar-refractivity contribution in [2.24, 2.45) is 7.05 Å². The summed E-state index contributed by atoms with van der Waals surface area (Å²) in [6, 6.07) is 3.73. The van der Waals surface area contributed by atoms with Gasteiger partial charge in [0.05, 0.1) is 12.7 Å². The van der Waals surface area contributed by atoms with Crippen molar-refractivity contribution in [3.05, 3.63) is 35.4 Å². The normalized spacial score (nSPS) is 12.7. The highest BCUT2D eigenvalue weighted by molar-refractivity contribution is 5.16. The smallest absolute Gasteiger partial charge is 0.177 e. The van der Waals surface area contributed by atoms with Crippen LogP contribution in [0.4, 0.5) is 0 Å². The number of pyridine rings is 1. The van der Waals surface area contributed by atoms with Crippen molar-refractivity contribution >= 4 is 0 Å². The predicted molar refractivity (Wildman–Crippen MR) is 56.4 cm³/mol. The number of aliphatic hydroxyl groups is 1. The van der Waals surface area contributed by atoms with E-state index in [0.717, 1.165) is 5.56 Å². The van der Waals surface area contributed by atoms with Crippen LogP contribution in [0.1, 0.15) is 23.2 Å². The van der Waals surface area contributed by atoms with Gasteiger partial charge in [0.2, 0.25) is 0 Å². The van der Waals surface area contributed by atoms with Crippen LogP contribution in [0.25, 0.3) is 0 Å². The first-order chi connectivity index (χ1) is 7.65. The number of aromatic nitrogens is 5. The molecule has 0 spiro atoms. The topological polar surface area (TPSA) is 76.7 Å². The molecule has 0 saturated carbocycles. The first-order valence-corrected chi connectivity index (χ1v) is 4.98. The number of hydrogen-bond donors (Lipinski definition) is 1. The average Bonchev–Trinajstić information content (AvgIpc) is 2.64. The molecular formula is C10H13N5O. The maximum Gasteiger partial charge on any atom is 0.177 e. The summed E-state index contributed by atoms with van der Waals surface area (Å²) in [5.41, 5.74) is 1.70. The van der Waals surface area contributed by atoms with Crippen molar-refractivity contribution in [3.8, 4) is 0 Å². The number of aliphatic hydroxyl groups excluding tert-OH is 1. The minimum absolute atomic E-state index is 0.324. The molecular weight excluding hydrogens is 206 g/mol. The second kappa shape index (κ2) is 4.36. The van der Waals surface area contributed by atoms with Gasteiger partial charge in [0.25, 0.3) is 0 Å². The molecule has 0 saturated heterocycles. The molecule has 0 aliphatic carbocycles. The lowest BCUT2D eigenvalue weighted by atomic mass is 10.1. The van der Waals surface area contributed by atoms with Gasteiger partial charge < -0.3 is 5.11 Å². The fourth-order valence-corrected chi connectivity index (χ4v) is 1.42. The maximum absolute atomic E-state index is 9.93. The molecule has 2 aromatic rings. The van der Waals surface area contributed by atoms with E-state index in [1.54, 1.807) is 13.2 Å². The zero-order valence-electron chi connectivity index (χ0n) is 9.20. The lowest BCUT2D eigenvalue weighted by Gasteiger charge is -2.07. The van der Waals surface area contributed by atoms with Crippen molar-refractivity contribution in [1.82, 2.24) is 25.2 Å². The van der Waals surface area contributed by atoms with Crippen LogP contribution in [-0.2, 0) is 13.5 Å². The van der Waals surface area contributed by atoms with Crippen LogP contribution in [0.5, 0.6) is 0 Å². The summed E-state index contributed by atoms with van der Waals surface area (Å²) in [5.74, 6) is 0.512. The van der Waals surface area contributed by atoms with Gasteiger partial charge in [-0.25, -0.2) is 0 Å². The molecule has 0 radical (unpaired) electrons. The summed E-state index contributed by atoms with van der Waals surface area (Å²) in [7, 11) is 1.69. The van der Waals surface area contributed by atoms with Gasteiger partial charge >= 0.3 is 0 Å². The van der Waals surface area contributed by atoms with Gasteiger partial charge in [0, 0.05) is 12.6 Å². The predicted octanol–water partition coefficient (Wildman–Crippen LogP) is 0.190. The van der Waals surface area contributed by atoms with Gasteiger partial charge in [0.1, 0.15) is 6.10 Å². The Balaban J connectivity index is 2.11. The Labute approximate surface area is 92.9 Å². The third-order valence-corrected chi connectivity index (χ3v) is 2.20. The van der Waals surface area contributed by atoms with Crippen LogP contribution in [0.3, 0.4) is 0 Å². The largest absolute Gasteiger partial charge is 0.386 e. The first kappa shape index (κ1) is 10.7. The molecule has 6 heteroatoms. The van der Waals surface area contributed by atoms with E-state index in [9.17, 15) is 5.11 Å². The van der Waals surface area contributed by atoms with Gasteiger partial charge in [0.15, 0.2) is 5.82 Å². The fraction of sp³-hybridized carbons (Fsp3) is 0.400. The Bertz CT molecular complexity index is 482. The number of tetrazole rings is 1. The number of aryl methyl sites for hydroxylation is 2. The average molecular weight is 219 g/mol. The Morgan fingerprint density at radius 3 is 2.94 bits per heavy atom. The molecule has 0 aliphatic rings. The quantitative estimate of drug-likeness (QED) is 0.797. The summed E-state index contributed by atoms with van der Waals surface area (Å²) in [4.78, 5) is 5.48. The highest BCUT2D eigenvalue weighted by atomic mass is 16.3. The van der Waals surface area contributed by atoms with Crippen molar-refractivity contribution < 1.29 is 5.11 Å². The summed E-state index contributed by atoms with van der Waals surface area (Å²) in [6.07, 6.45) is 1.31. The van der Waals surface area contributed by atoms with Crippen LogP contribution in [0, 0.1) is 6.92 Å². The molecule has 2 heterocycles. The molecule has 1 N–H and O–H groups in total. The van der Waals surface area contributed by atoms with Crippen LogP contribution in [0.2, 0.25) is 0 Å². The van der Waals surface area contributed by atoms with Crippen LogP contribution in [-0.4, -0.2) is 30.3 Å². The van der Waals surface area contributed by atoms with E-state index in [-0.39, 0.29) is 0 Å². The zero-order valence-corrected chi connectivity index (χ0v) is 9.20. The Kier molecular flexibility index (Phi) is 2.91. The molecule has 2 rings (SSSR count). The SMILES string of the molecule is Cc1ccnc(C(O)Cc2nnn(C)n2)c1. The second-order valence-corrected chi connectivity index (χ2v) is 3.67. The molecule has 0 aromatic carbocycles. The van der Waals surface area contributed by atoms with Crippen molar-refractivity contribution in [2.75, 3.05) is 0 Å². The van der Waals surface area contributed by atoms with Crippen LogP contribution < -0.4 is 0 Å². The first-order valence-electron chi connectivity index (χ1n) is 4.98. The van der Waals surface area contributed by atoms with Crippen molar-refractivity contribution in [1.29, 1.82) is 0 Å². The van der Waals surface area contributed by atoms with Crippen LogP contribution >= 0.6 is 0 Å². The molecule has 0 fully saturated rings. The number of rotatable bonds is 3. The molecule has 0 amide bonds. The molecule has 84 valence electrons. The Hall–Kier alpha value is -1.82. The van der Waals surface area contributed by atoms with E-state index in [2.05, 4.69) is 20.4 Å². The van der Waals surface area contributed by atoms with Gasteiger partial charge in [-0.05, 0) is 29.8 Å². The van der Waals surface area contributed by atoms with E-state index in [4.69, 9.17) is 0 Å².